The Balaban J connectivity index is 2.20. The van der Waals surface area contributed by atoms with Gasteiger partial charge in [0.15, 0.2) is 5.75 Å². The summed E-state index contributed by atoms with van der Waals surface area (Å²) in [7, 11) is 0. The molecule has 0 saturated heterocycles. The van der Waals surface area contributed by atoms with Crippen molar-refractivity contribution in [2.24, 2.45) is 5.92 Å². The highest BCUT2D eigenvalue weighted by atomic mass is 16.6. The summed E-state index contributed by atoms with van der Waals surface area (Å²) < 4.78 is 5.47. The van der Waals surface area contributed by atoms with Gasteiger partial charge in [-0.3, -0.25) is 10.1 Å². The predicted octanol–water partition coefficient (Wildman–Crippen LogP) is 2.86. The molecule has 0 atom stereocenters. The van der Waals surface area contributed by atoms with Gasteiger partial charge in [-0.05, 0) is 30.9 Å². The van der Waals surface area contributed by atoms with Crippen molar-refractivity contribution in [1.29, 1.82) is 0 Å². The second kappa shape index (κ2) is 5.69. The zero-order chi connectivity index (χ0) is 13.8. The highest BCUT2D eigenvalue weighted by Gasteiger charge is 2.26. The summed E-state index contributed by atoms with van der Waals surface area (Å²) in [5.74, 6) is -0.872. The van der Waals surface area contributed by atoms with Crippen LogP contribution in [0.15, 0.2) is 18.2 Å². The Morgan fingerprint density at radius 1 is 1.42 bits per heavy atom. The van der Waals surface area contributed by atoms with Crippen LogP contribution in [0.5, 0.6) is 5.75 Å². The molecule has 6 heteroatoms. The van der Waals surface area contributed by atoms with Crippen LogP contribution in [0.2, 0.25) is 0 Å². The quantitative estimate of drug-likeness (QED) is 0.653. The lowest BCUT2D eigenvalue weighted by Crippen LogP contribution is -2.11. The van der Waals surface area contributed by atoms with Crippen LogP contribution in [0, 0.1) is 16.0 Å². The van der Waals surface area contributed by atoms with Crippen molar-refractivity contribution in [3.63, 3.8) is 0 Å². The predicted molar refractivity (Wildman–Crippen MR) is 67.5 cm³/mol. The van der Waals surface area contributed by atoms with E-state index in [1.54, 1.807) is 0 Å². The van der Waals surface area contributed by atoms with Gasteiger partial charge < -0.3 is 9.84 Å². The first-order valence-electron chi connectivity index (χ1n) is 6.23. The minimum atomic E-state index is -1.32. The SMILES string of the molecule is O=C(O)c1cccc(OCC2CCCC2)c1[N+](=O)[O-]. The molecule has 2 rings (SSSR count). The summed E-state index contributed by atoms with van der Waals surface area (Å²) in [4.78, 5) is 21.3. The number of hydrogen-bond acceptors (Lipinski definition) is 4. The summed E-state index contributed by atoms with van der Waals surface area (Å²) in [6.07, 6.45) is 4.44. The van der Waals surface area contributed by atoms with Gasteiger partial charge in [0.1, 0.15) is 5.56 Å². The number of nitro groups is 1. The second-order valence-corrected chi connectivity index (χ2v) is 4.68. The van der Waals surface area contributed by atoms with Crippen molar-refractivity contribution in [3.05, 3.63) is 33.9 Å². The minimum Gasteiger partial charge on any atom is -0.486 e. The van der Waals surface area contributed by atoms with E-state index in [4.69, 9.17) is 9.84 Å². The molecule has 6 nitrogen and oxygen atoms in total. The van der Waals surface area contributed by atoms with Crippen molar-refractivity contribution in [2.45, 2.75) is 25.7 Å². The third-order valence-corrected chi connectivity index (χ3v) is 3.36. The summed E-state index contributed by atoms with van der Waals surface area (Å²) >= 11 is 0. The van der Waals surface area contributed by atoms with Crippen LogP contribution in [-0.2, 0) is 0 Å². The fourth-order valence-electron chi connectivity index (χ4n) is 2.38. The van der Waals surface area contributed by atoms with E-state index < -0.39 is 16.6 Å². The molecule has 0 aromatic heterocycles. The lowest BCUT2D eigenvalue weighted by molar-refractivity contribution is -0.386. The van der Waals surface area contributed by atoms with E-state index in [-0.39, 0.29) is 11.3 Å². The van der Waals surface area contributed by atoms with E-state index in [1.165, 1.54) is 18.2 Å². The Morgan fingerprint density at radius 2 is 2.11 bits per heavy atom. The van der Waals surface area contributed by atoms with Crippen LogP contribution in [0.1, 0.15) is 36.0 Å². The number of benzene rings is 1. The molecule has 1 aliphatic carbocycles. The number of para-hydroxylation sites is 1. The van der Waals surface area contributed by atoms with Gasteiger partial charge in [0, 0.05) is 0 Å². The van der Waals surface area contributed by atoms with E-state index in [0.717, 1.165) is 25.7 Å². The van der Waals surface area contributed by atoms with Crippen molar-refractivity contribution >= 4 is 11.7 Å². The standard InChI is InChI=1S/C13H15NO5/c15-13(16)10-6-3-7-11(12(10)14(17)18)19-8-9-4-1-2-5-9/h3,6-7,9H,1-2,4-5,8H2,(H,15,16). The number of nitrogens with zero attached hydrogens (tertiary/aromatic N) is 1. The molecule has 1 fully saturated rings. The second-order valence-electron chi connectivity index (χ2n) is 4.68. The van der Waals surface area contributed by atoms with Crippen molar-refractivity contribution in [1.82, 2.24) is 0 Å². The van der Waals surface area contributed by atoms with E-state index >= 15 is 0 Å². The molecule has 1 aromatic carbocycles. The van der Waals surface area contributed by atoms with Crippen LogP contribution < -0.4 is 4.74 Å². The van der Waals surface area contributed by atoms with Gasteiger partial charge in [-0.1, -0.05) is 18.9 Å². The molecule has 1 aromatic rings. The number of ether oxygens (including phenoxy) is 1. The van der Waals surface area contributed by atoms with Crippen molar-refractivity contribution < 1.29 is 19.6 Å². The molecule has 0 unspecified atom stereocenters. The monoisotopic (exact) mass is 265 g/mol. The first-order valence-corrected chi connectivity index (χ1v) is 6.23. The Kier molecular flexibility index (Phi) is 3.99. The summed E-state index contributed by atoms with van der Waals surface area (Å²) in [6.45, 7) is 0.407. The number of carbonyl (C=O) groups is 1. The number of nitro benzene ring substituents is 1. The largest absolute Gasteiger partial charge is 0.486 e. The molecule has 102 valence electrons. The van der Waals surface area contributed by atoms with Gasteiger partial charge in [-0.25, -0.2) is 4.79 Å². The fourth-order valence-corrected chi connectivity index (χ4v) is 2.38. The van der Waals surface area contributed by atoms with E-state index in [2.05, 4.69) is 0 Å². The normalized spacial score (nSPS) is 15.4. The molecule has 0 amide bonds. The zero-order valence-electron chi connectivity index (χ0n) is 10.4. The Hall–Kier alpha value is -2.11. The average molecular weight is 265 g/mol. The summed E-state index contributed by atoms with van der Waals surface area (Å²) in [5.41, 5.74) is -0.804. The summed E-state index contributed by atoms with van der Waals surface area (Å²) in [6, 6.07) is 4.11. The molecule has 0 heterocycles. The highest BCUT2D eigenvalue weighted by molar-refractivity contribution is 5.93. The molecule has 0 radical (unpaired) electrons. The van der Waals surface area contributed by atoms with Gasteiger partial charge >= 0.3 is 11.7 Å². The highest BCUT2D eigenvalue weighted by Crippen LogP contribution is 2.32. The fraction of sp³-hybridized carbons (Fsp3) is 0.462. The maximum Gasteiger partial charge on any atom is 0.342 e. The topological polar surface area (TPSA) is 89.7 Å². The first-order chi connectivity index (χ1) is 9.09. The number of aromatic carboxylic acids is 1. The molecular formula is C13H15NO5. The van der Waals surface area contributed by atoms with Gasteiger partial charge in [0.2, 0.25) is 0 Å². The maximum absolute atomic E-state index is 11.0. The third kappa shape index (κ3) is 3.01. The molecular weight excluding hydrogens is 250 g/mol. The van der Waals surface area contributed by atoms with Crippen LogP contribution in [0.4, 0.5) is 5.69 Å². The van der Waals surface area contributed by atoms with Crippen molar-refractivity contribution in [3.8, 4) is 5.75 Å². The van der Waals surface area contributed by atoms with E-state index in [9.17, 15) is 14.9 Å². The first kappa shape index (κ1) is 13.3. The Labute approximate surface area is 110 Å². The van der Waals surface area contributed by atoms with Gasteiger partial charge in [-0.2, -0.15) is 0 Å². The minimum absolute atomic E-state index is 0.0387. The Bertz CT molecular complexity index is 494. The average Bonchev–Trinajstić information content (AvgIpc) is 2.88. The third-order valence-electron chi connectivity index (χ3n) is 3.36. The number of rotatable bonds is 5. The van der Waals surface area contributed by atoms with Crippen molar-refractivity contribution in [2.75, 3.05) is 6.61 Å². The molecule has 0 bridgehead atoms. The van der Waals surface area contributed by atoms with Crippen LogP contribution in [-0.4, -0.2) is 22.6 Å². The van der Waals surface area contributed by atoms with Gasteiger partial charge in [0.05, 0.1) is 11.5 Å². The lowest BCUT2D eigenvalue weighted by atomic mass is 10.1. The van der Waals surface area contributed by atoms with Gasteiger partial charge in [0.25, 0.3) is 0 Å². The number of carboxylic acids is 1. The zero-order valence-corrected chi connectivity index (χ0v) is 10.4. The molecule has 1 saturated carbocycles. The van der Waals surface area contributed by atoms with Crippen LogP contribution in [0.3, 0.4) is 0 Å². The Morgan fingerprint density at radius 3 is 2.68 bits per heavy atom. The molecule has 0 spiro atoms. The smallest absolute Gasteiger partial charge is 0.342 e. The molecule has 19 heavy (non-hydrogen) atoms. The number of carboxylic acid groups (broad SMARTS) is 1. The van der Waals surface area contributed by atoms with E-state index in [1.807, 2.05) is 0 Å². The molecule has 0 aliphatic heterocycles. The molecule has 1 aliphatic rings. The molecule has 1 N–H and O–H groups in total. The van der Waals surface area contributed by atoms with Gasteiger partial charge in [-0.15, -0.1) is 0 Å². The number of hydrogen-bond donors (Lipinski definition) is 1. The van der Waals surface area contributed by atoms with E-state index in [0.29, 0.717) is 12.5 Å². The van der Waals surface area contributed by atoms with Crippen LogP contribution in [0.25, 0.3) is 0 Å². The lowest BCUT2D eigenvalue weighted by Gasteiger charge is -2.12. The summed E-state index contributed by atoms with van der Waals surface area (Å²) in [5, 5.41) is 20.0. The maximum atomic E-state index is 11.0. The van der Waals surface area contributed by atoms with Crippen LogP contribution >= 0.6 is 0 Å².